The predicted octanol–water partition coefficient (Wildman–Crippen LogP) is 5.50. The van der Waals surface area contributed by atoms with Crippen molar-refractivity contribution in [1.29, 1.82) is 0 Å². The van der Waals surface area contributed by atoms with E-state index in [9.17, 15) is 4.39 Å². The molecule has 0 aliphatic carbocycles. The van der Waals surface area contributed by atoms with Gasteiger partial charge in [-0.05, 0) is 39.5 Å². The highest BCUT2D eigenvalue weighted by atomic mass is 19.2. The van der Waals surface area contributed by atoms with Gasteiger partial charge < -0.3 is 4.74 Å². The largest absolute Gasteiger partial charge is 0.379 e. The Labute approximate surface area is 123 Å². The van der Waals surface area contributed by atoms with Crippen molar-refractivity contribution in [3.05, 3.63) is 12.7 Å². The van der Waals surface area contributed by atoms with Gasteiger partial charge >= 0.3 is 0 Å². The van der Waals surface area contributed by atoms with Gasteiger partial charge in [0.25, 0.3) is 0 Å². The smallest absolute Gasteiger partial charge is 0.160 e. The van der Waals surface area contributed by atoms with Gasteiger partial charge in [-0.3, -0.25) is 0 Å². The average Bonchev–Trinajstić information content (AvgIpc) is 2.27. The molecule has 0 aromatic carbocycles. The molecule has 20 heavy (non-hydrogen) atoms. The second kappa shape index (κ2) is 6.13. The van der Waals surface area contributed by atoms with Crippen molar-refractivity contribution in [3.63, 3.8) is 0 Å². The van der Waals surface area contributed by atoms with Crippen LogP contribution in [0, 0.1) is 10.8 Å². The summed E-state index contributed by atoms with van der Waals surface area (Å²) in [7, 11) is 0. The predicted molar refractivity (Wildman–Crippen MR) is 82.5 cm³/mol. The molecule has 0 fully saturated rings. The zero-order valence-corrected chi connectivity index (χ0v) is 14.4. The van der Waals surface area contributed by atoms with Crippen LogP contribution in [0.4, 0.5) is 8.78 Å². The molecule has 0 aromatic heterocycles. The van der Waals surface area contributed by atoms with Crippen molar-refractivity contribution >= 4 is 0 Å². The van der Waals surface area contributed by atoms with Crippen LogP contribution < -0.4 is 0 Å². The van der Waals surface area contributed by atoms with E-state index in [2.05, 4.69) is 6.58 Å². The Bertz CT molecular complexity index is 328. The van der Waals surface area contributed by atoms with Crippen LogP contribution in [0.3, 0.4) is 0 Å². The van der Waals surface area contributed by atoms with Crippen LogP contribution in [0.15, 0.2) is 12.7 Å². The number of hydrogen-bond acceptors (Lipinski definition) is 1. The summed E-state index contributed by atoms with van der Waals surface area (Å²) in [5.41, 5.74) is -5.39. The van der Waals surface area contributed by atoms with Gasteiger partial charge in [-0.2, -0.15) is 0 Å². The molecule has 0 saturated heterocycles. The van der Waals surface area contributed by atoms with Crippen molar-refractivity contribution in [2.45, 2.75) is 79.3 Å². The van der Waals surface area contributed by atoms with Crippen LogP contribution in [0.5, 0.6) is 0 Å². The maximum atomic E-state index is 15.2. The van der Waals surface area contributed by atoms with Crippen molar-refractivity contribution in [3.8, 4) is 0 Å². The molecule has 2 atom stereocenters. The lowest BCUT2D eigenvalue weighted by Crippen LogP contribution is -2.58. The van der Waals surface area contributed by atoms with E-state index in [-0.39, 0.29) is 6.10 Å². The lowest BCUT2D eigenvalue weighted by molar-refractivity contribution is -0.132. The Hall–Kier alpha value is -0.440. The molecule has 0 rings (SSSR count). The molecular formula is C17H32F2O. The molecule has 3 heteroatoms. The van der Waals surface area contributed by atoms with E-state index in [0.717, 1.165) is 6.08 Å². The van der Waals surface area contributed by atoms with Crippen LogP contribution in [0.25, 0.3) is 0 Å². The van der Waals surface area contributed by atoms with Gasteiger partial charge in [0.15, 0.2) is 11.3 Å². The lowest BCUT2D eigenvalue weighted by atomic mass is 9.55. The number of allylic oxidation sites excluding steroid dienone is 1. The van der Waals surface area contributed by atoms with Crippen LogP contribution >= 0.6 is 0 Å². The average molecular weight is 290 g/mol. The maximum absolute atomic E-state index is 15.2. The van der Waals surface area contributed by atoms with Crippen molar-refractivity contribution in [1.82, 2.24) is 0 Å². The molecular weight excluding hydrogens is 258 g/mol. The summed E-state index contributed by atoms with van der Waals surface area (Å²) in [6, 6.07) is 0. The molecule has 0 amide bonds. The van der Waals surface area contributed by atoms with Crippen LogP contribution in [0.1, 0.15) is 61.8 Å². The number of rotatable bonds is 8. The van der Waals surface area contributed by atoms with E-state index >= 15 is 4.39 Å². The number of ether oxygens (including phenoxy) is 1. The summed E-state index contributed by atoms with van der Waals surface area (Å²) in [6.07, 6.45) is 1.88. The zero-order valence-electron chi connectivity index (χ0n) is 14.4. The molecule has 0 aliphatic heterocycles. The fraction of sp³-hybridized carbons (Fsp3) is 0.882. The Morgan fingerprint density at radius 3 is 1.85 bits per heavy atom. The molecule has 0 radical (unpaired) electrons. The third-order valence-corrected chi connectivity index (χ3v) is 5.35. The number of alkyl halides is 2. The first-order chi connectivity index (χ1) is 8.73. The standard InChI is InChI=1S/C17H32F2O/c1-10-16(8,18)17(9,19)15(6,7)14(4,5)11-12-20-13(2)3/h10,13H,1,11-12H2,2-9H3. The van der Waals surface area contributed by atoms with Gasteiger partial charge in [-0.25, -0.2) is 8.78 Å². The highest BCUT2D eigenvalue weighted by Gasteiger charge is 2.59. The van der Waals surface area contributed by atoms with E-state index in [1.54, 1.807) is 13.8 Å². The molecule has 0 aliphatic rings. The molecule has 120 valence electrons. The van der Waals surface area contributed by atoms with E-state index in [4.69, 9.17) is 4.74 Å². The molecule has 1 nitrogen and oxygen atoms in total. The molecule has 0 spiro atoms. The Morgan fingerprint density at radius 2 is 1.50 bits per heavy atom. The first-order valence-electron chi connectivity index (χ1n) is 7.36. The van der Waals surface area contributed by atoms with E-state index in [1.807, 2.05) is 27.7 Å². The molecule has 0 saturated carbocycles. The summed E-state index contributed by atoms with van der Waals surface area (Å²) in [5.74, 6) is 0. The summed E-state index contributed by atoms with van der Waals surface area (Å²) in [6.45, 7) is 18.0. The molecule has 0 bridgehead atoms. The number of hydrogen-bond donors (Lipinski definition) is 0. The van der Waals surface area contributed by atoms with Gasteiger partial charge in [0.05, 0.1) is 6.10 Å². The molecule has 0 N–H and O–H groups in total. The first kappa shape index (κ1) is 19.6. The minimum atomic E-state index is -2.08. The van der Waals surface area contributed by atoms with Crippen molar-refractivity contribution < 1.29 is 13.5 Å². The van der Waals surface area contributed by atoms with Crippen LogP contribution in [-0.4, -0.2) is 24.0 Å². The summed E-state index contributed by atoms with van der Waals surface area (Å²) >= 11 is 0. The quantitative estimate of drug-likeness (QED) is 0.537. The Kier molecular flexibility index (Phi) is 5.99. The molecule has 0 heterocycles. The summed E-state index contributed by atoms with van der Waals surface area (Å²) in [5, 5.41) is 0. The van der Waals surface area contributed by atoms with Crippen LogP contribution in [0.2, 0.25) is 0 Å². The van der Waals surface area contributed by atoms with Gasteiger partial charge in [0.2, 0.25) is 0 Å². The summed E-state index contributed by atoms with van der Waals surface area (Å²) < 4.78 is 35.4. The van der Waals surface area contributed by atoms with Gasteiger partial charge in [-0.15, -0.1) is 0 Å². The SMILES string of the molecule is C=CC(C)(F)C(C)(F)C(C)(C)C(C)(C)CCOC(C)C. The Balaban J connectivity index is 5.22. The minimum Gasteiger partial charge on any atom is -0.379 e. The third-order valence-electron chi connectivity index (χ3n) is 5.35. The first-order valence-corrected chi connectivity index (χ1v) is 7.36. The van der Waals surface area contributed by atoms with E-state index < -0.39 is 22.2 Å². The fourth-order valence-corrected chi connectivity index (χ4v) is 2.30. The lowest BCUT2D eigenvalue weighted by Gasteiger charge is -2.53. The highest BCUT2D eigenvalue weighted by Crippen LogP contribution is 2.55. The monoisotopic (exact) mass is 290 g/mol. The Morgan fingerprint density at radius 1 is 1.05 bits per heavy atom. The van der Waals surface area contributed by atoms with Crippen molar-refractivity contribution in [2.24, 2.45) is 10.8 Å². The van der Waals surface area contributed by atoms with Gasteiger partial charge in [0, 0.05) is 12.0 Å². The third kappa shape index (κ3) is 3.60. The van der Waals surface area contributed by atoms with E-state index in [1.165, 1.54) is 13.8 Å². The second-order valence-electron chi connectivity index (χ2n) is 7.46. The van der Waals surface area contributed by atoms with E-state index in [0.29, 0.717) is 13.0 Å². The molecule has 0 aromatic rings. The topological polar surface area (TPSA) is 9.23 Å². The zero-order chi connectivity index (χ0) is 16.4. The normalized spacial score (nSPS) is 19.6. The highest BCUT2D eigenvalue weighted by molar-refractivity contribution is 5.14. The van der Waals surface area contributed by atoms with Crippen molar-refractivity contribution in [2.75, 3.05) is 6.61 Å². The fourth-order valence-electron chi connectivity index (χ4n) is 2.30. The van der Waals surface area contributed by atoms with Gasteiger partial charge in [0.1, 0.15) is 0 Å². The second-order valence-corrected chi connectivity index (χ2v) is 7.46. The number of halogens is 2. The van der Waals surface area contributed by atoms with Gasteiger partial charge in [-0.1, -0.05) is 40.3 Å². The summed E-state index contributed by atoms with van der Waals surface area (Å²) in [4.78, 5) is 0. The maximum Gasteiger partial charge on any atom is 0.160 e. The van der Waals surface area contributed by atoms with Crippen LogP contribution in [-0.2, 0) is 4.74 Å². The molecule has 2 unspecified atom stereocenters. The minimum absolute atomic E-state index is 0.144.